The summed E-state index contributed by atoms with van der Waals surface area (Å²) in [6.45, 7) is 9.46. The normalized spacial score (nSPS) is 26.1. The summed E-state index contributed by atoms with van der Waals surface area (Å²) < 4.78 is 7.76. The summed E-state index contributed by atoms with van der Waals surface area (Å²) in [7, 11) is 4.01. The van der Waals surface area contributed by atoms with Crippen molar-refractivity contribution in [3.8, 4) is 5.00 Å². The highest BCUT2D eigenvalue weighted by atomic mass is 32.1. The summed E-state index contributed by atoms with van der Waals surface area (Å²) in [4.78, 5) is 9.10. The second kappa shape index (κ2) is 9.19. The lowest BCUT2D eigenvalue weighted by molar-refractivity contribution is 0.178. The number of ether oxygens (including phenoxy) is 1. The Labute approximate surface area is 218 Å². The topological polar surface area (TPSA) is 55.5 Å². The third kappa shape index (κ3) is 3.96. The molecule has 1 aromatic carbocycles. The van der Waals surface area contributed by atoms with Gasteiger partial charge in [0.2, 0.25) is 0 Å². The van der Waals surface area contributed by atoms with Gasteiger partial charge in [0.25, 0.3) is 0 Å². The Morgan fingerprint density at radius 2 is 1.81 bits per heavy atom. The molecular weight excluding hydrogens is 466 g/mol. The number of fused-ring (bicyclic) bond motifs is 3. The first-order valence-corrected chi connectivity index (χ1v) is 14.1. The average Bonchev–Trinajstić information content (AvgIpc) is 3.50. The van der Waals surface area contributed by atoms with Crippen molar-refractivity contribution in [2.24, 2.45) is 10.4 Å². The highest BCUT2D eigenvalue weighted by molar-refractivity contribution is 7.15. The van der Waals surface area contributed by atoms with E-state index in [4.69, 9.17) is 9.73 Å². The number of aryl methyl sites for hydroxylation is 2. The lowest BCUT2D eigenvalue weighted by Crippen LogP contribution is -2.29. The molecule has 1 aliphatic carbocycles. The predicted molar refractivity (Wildman–Crippen MR) is 146 cm³/mol. The highest BCUT2D eigenvalue weighted by Crippen LogP contribution is 2.48. The SMILES string of the molecule is COC[C@@H]1N=C(c2ccc(C3CCC4(CC3)CCN(C)C4)cc2)c2c(sc(C)c2C)-n2c(C)nnc21. The van der Waals surface area contributed by atoms with Gasteiger partial charge in [0.15, 0.2) is 5.82 Å². The number of methoxy groups -OCH3 is 1. The van der Waals surface area contributed by atoms with Gasteiger partial charge in [0.1, 0.15) is 16.9 Å². The van der Waals surface area contributed by atoms with Crippen LogP contribution in [0.3, 0.4) is 0 Å². The van der Waals surface area contributed by atoms with E-state index in [-0.39, 0.29) is 6.04 Å². The van der Waals surface area contributed by atoms with Crippen molar-refractivity contribution in [3.63, 3.8) is 0 Å². The number of rotatable bonds is 4. The van der Waals surface area contributed by atoms with Gasteiger partial charge in [-0.05, 0) is 88.9 Å². The molecule has 2 fully saturated rings. The largest absolute Gasteiger partial charge is 0.382 e. The molecule has 3 aliphatic rings. The van der Waals surface area contributed by atoms with Crippen LogP contribution in [-0.4, -0.2) is 59.2 Å². The zero-order valence-electron chi connectivity index (χ0n) is 22.2. The Bertz CT molecular complexity index is 1300. The molecule has 0 amide bonds. The van der Waals surface area contributed by atoms with Gasteiger partial charge < -0.3 is 9.64 Å². The van der Waals surface area contributed by atoms with E-state index in [1.165, 1.54) is 77.3 Å². The Morgan fingerprint density at radius 1 is 1.06 bits per heavy atom. The van der Waals surface area contributed by atoms with Crippen LogP contribution in [0.2, 0.25) is 0 Å². The number of thiophene rings is 1. The molecule has 3 aromatic rings. The van der Waals surface area contributed by atoms with Gasteiger partial charge >= 0.3 is 0 Å². The second-order valence-electron chi connectivity index (χ2n) is 11.2. The van der Waals surface area contributed by atoms with E-state index in [1.54, 1.807) is 18.4 Å². The Balaban J connectivity index is 1.33. The molecule has 1 atom stereocenters. The molecule has 1 saturated carbocycles. The molecule has 2 aromatic heterocycles. The van der Waals surface area contributed by atoms with E-state index < -0.39 is 0 Å². The Kier molecular flexibility index (Phi) is 6.13. The molecule has 0 unspecified atom stereocenters. The van der Waals surface area contributed by atoms with E-state index in [2.05, 4.69) is 64.8 Å². The third-order valence-corrected chi connectivity index (χ3v) is 10.1. The maximum atomic E-state index is 5.57. The Morgan fingerprint density at radius 3 is 2.47 bits per heavy atom. The van der Waals surface area contributed by atoms with Crippen molar-refractivity contribution in [1.29, 1.82) is 0 Å². The van der Waals surface area contributed by atoms with Gasteiger partial charge in [-0.2, -0.15) is 0 Å². The first kappa shape index (κ1) is 24.0. The number of nitrogens with zero attached hydrogens (tertiary/aromatic N) is 5. The lowest BCUT2D eigenvalue weighted by Gasteiger charge is -2.37. The lowest BCUT2D eigenvalue weighted by atomic mass is 9.68. The van der Waals surface area contributed by atoms with Crippen LogP contribution in [0.4, 0.5) is 0 Å². The summed E-state index contributed by atoms with van der Waals surface area (Å²) in [5, 5.41) is 10.1. The zero-order valence-corrected chi connectivity index (χ0v) is 23.0. The van der Waals surface area contributed by atoms with Crippen LogP contribution in [-0.2, 0) is 4.74 Å². The number of aromatic nitrogens is 3. The Hall–Kier alpha value is -2.35. The molecular formula is C29H37N5OS. The van der Waals surface area contributed by atoms with Crippen LogP contribution < -0.4 is 0 Å². The van der Waals surface area contributed by atoms with Gasteiger partial charge in [-0.1, -0.05) is 24.3 Å². The van der Waals surface area contributed by atoms with Crippen LogP contribution >= 0.6 is 11.3 Å². The smallest absolute Gasteiger partial charge is 0.165 e. The number of benzene rings is 1. The summed E-state index contributed by atoms with van der Waals surface area (Å²) >= 11 is 1.80. The number of aliphatic imine (C=N–C) groups is 1. The first-order chi connectivity index (χ1) is 17.4. The molecule has 6 nitrogen and oxygen atoms in total. The fourth-order valence-corrected chi connectivity index (χ4v) is 7.91. The summed E-state index contributed by atoms with van der Waals surface area (Å²) in [5.41, 5.74) is 6.77. The fourth-order valence-electron chi connectivity index (χ4n) is 6.70. The average molecular weight is 504 g/mol. The molecule has 0 radical (unpaired) electrons. The standard InChI is InChI=1S/C29H37N5OS/c1-18-19(2)36-28-25(18)26(30-24(16-35-5)27-32-31-20(3)34(27)28)23-8-6-21(7-9-23)22-10-12-29(13-11-22)14-15-33(4)17-29/h6-9,22,24H,10-17H2,1-5H3/t22?,24-,29?/m0/s1. The molecule has 0 N–H and O–H groups in total. The summed E-state index contributed by atoms with van der Waals surface area (Å²) in [5.74, 6) is 2.42. The minimum absolute atomic E-state index is 0.191. The first-order valence-electron chi connectivity index (χ1n) is 13.3. The van der Waals surface area contributed by atoms with Gasteiger partial charge in [-0.15, -0.1) is 21.5 Å². The van der Waals surface area contributed by atoms with Gasteiger partial charge in [0.05, 0.1) is 12.3 Å². The number of likely N-dealkylation sites (tertiary alicyclic amines) is 1. The molecule has 6 rings (SSSR count). The molecule has 190 valence electrons. The predicted octanol–water partition coefficient (Wildman–Crippen LogP) is 5.77. The van der Waals surface area contributed by atoms with E-state index >= 15 is 0 Å². The van der Waals surface area contributed by atoms with Crippen LogP contribution in [0.1, 0.15) is 82.8 Å². The van der Waals surface area contributed by atoms with Crippen molar-refractivity contribution in [1.82, 2.24) is 19.7 Å². The molecule has 36 heavy (non-hydrogen) atoms. The number of hydrogen-bond donors (Lipinski definition) is 0. The molecule has 0 bridgehead atoms. The quantitative estimate of drug-likeness (QED) is 0.453. The summed E-state index contributed by atoms with van der Waals surface area (Å²) in [6.07, 6.45) is 6.73. The van der Waals surface area contributed by atoms with Crippen molar-refractivity contribution in [2.45, 2.75) is 64.8 Å². The van der Waals surface area contributed by atoms with Crippen molar-refractivity contribution < 1.29 is 4.74 Å². The highest BCUT2D eigenvalue weighted by Gasteiger charge is 2.40. The second-order valence-corrected chi connectivity index (χ2v) is 12.4. The minimum Gasteiger partial charge on any atom is -0.382 e. The van der Waals surface area contributed by atoms with Gasteiger partial charge in [-0.3, -0.25) is 9.56 Å². The van der Waals surface area contributed by atoms with E-state index in [9.17, 15) is 0 Å². The van der Waals surface area contributed by atoms with Gasteiger partial charge in [-0.25, -0.2) is 0 Å². The van der Waals surface area contributed by atoms with Crippen molar-refractivity contribution >= 4 is 17.0 Å². The van der Waals surface area contributed by atoms with Crippen LogP contribution in [0.5, 0.6) is 0 Å². The minimum atomic E-state index is -0.191. The van der Waals surface area contributed by atoms with Crippen molar-refractivity contribution in [3.05, 3.63) is 63.0 Å². The molecule has 4 heterocycles. The fraction of sp³-hybridized carbons (Fsp3) is 0.552. The molecule has 1 spiro atoms. The van der Waals surface area contributed by atoms with Gasteiger partial charge in [0, 0.05) is 29.7 Å². The zero-order chi connectivity index (χ0) is 25.0. The molecule has 7 heteroatoms. The van der Waals surface area contributed by atoms with E-state index in [1.807, 2.05) is 6.92 Å². The molecule has 1 saturated heterocycles. The maximum Gasteiger partial charge on any atom is 0.165 e. The number of hydrogen-bond acceptors (Lipinski definition) is 6. The van der Waals surface area contributed by atoms with Crippen molar-refractivity contribution in [2.75, 3.05) is 33.9 Å². The van der Waals surface area contributed by atoms with E-state index in [0.717, 1.165) is 17.4 Å². The molecule has 2 aliphatic heterocycles. The van der Waals surface area contributed by atoms with Crippen LogP contribution in [0.25, 0.3) is 5.00 Å². The van der Waals surface area contributed by atoms with Crippen LogP contribution in [0, 0.1) is 26.2 Å². The maximum absolute atomic E-state index is 5.57. The summed E-state index contributed by atoms with van der Waals surface area (Å²) in [6, 6.07) is 9.11. The van der Waals surface area contributed by atoms with E-state index in [0.29, 0.717) is 17.9 Å². The third-order valence-electron chi connectivity index (χ3n) is 8.89. The monoisotopic (exact) mass is 503 g/mol. The van der Waals surface area contributed by atoms with Crippen LogP contribution in [0.15, 0.2) is 29.3 Å².